The van der Waals surface area contributed by atoms with Gasteiger partial charge in [0.1, 0.15) is 5.82 Å². The van der Waals surface area contributed by atoms with E-state index in [0.29, 0.717) is 0 Å². The van der Waals surface area contributed by atoms with Gasteiger partial charge in [0.25, 0.3) is 0 Å². The van der Waals surface area contributed by atoms with Gasteiger partial charge in [-0.25, -0.2) is 4.98 Å². The first kappa shape index (κ1) is 7.73. The Bertz CT molecular complexity index is 264. The van der Waals surface area contributed by atoms with Gasteiger partial charge in [-0.15, -0.1) is 0 Å². The number of aryl methyl sites for hydroxylation is 1. The highest BCUT2D eigenvalue weighted by Gasteiger charge is 2.25. The molecule has 1 aromatic heterocycles. The van der Waals surface area contributed by atoms with E-state index in [2.05, 4.69) is 15.2 Å². The fourth-order valence-electron chi connectivity index (χ4n) is 1.34. The molecule has 4 nitrogen and oxygen atoms in total. The third kappa shape index (κ3) is 1.64. The fourth-order valence-corrected chi connectivity index (χ4v) is 1.34. The van der Waals surface area contributed by atoms with Crippen molar-refractivity contribution < 1.29 is 0 Å². The minimum Gasteiger partial charge on any atom is -0.321 e. The lowest BCUT2D eigenvalue weighted by Gasteiger charge is -2.04. The molecular weight excluding hydrogens is 152 g/mol. The maximum Gasteiger partial charge on any atom is 0.167 e. The third-order valence-corrected chi connectivity index (χ3v) is 2.23. The van der Waals surface area contributed by atoms with E-state index >= 15 is 0 Å². The molecule has 0 unspecified atom stereocenters. The highest BCUT2D eigenvalue weighted by molar-refractivity contribution is 4.96. The van der Waals surface area contributed by atoms with Gasteiger partial charge in [-0.3, -0.25) is 5.10 Å². The number of hydrogen-bond donors (Lipinski definition) is 2. The van der Waals surface area contributed by atoms with Crippen LogP contribution in [0.1, 0.15) is 37.0 Å². The first-order valence-electron chi connectivity index (χ1n) is 4.40. The topological polar surface area (TPSA) is 67.6 Å². The quantitative estimate of drug-likeness (QED) is 0.701. The maximum atomic E-state index is 5.90. The number of nitrogens with one attached hydrogen (secondary N) is 1. The molecule has 12 heavy (non-hydrogen) atoms. The highest BCUT2D eigenvalue weighted by atomic mass is 15.2. The summed E-state index contributed by atoms with van der Waals surface area (Å²) < 4.78 is 0. The van der Waals surface area contributed by atoms with Gasteiger partial charge in [0.15, 0.2) is 5.82 Å². The second-order valence-electron chi connectivity index (χ2n) is 3.56. The average Bonchev–Trinajstić information content (AvgIpc) is 2.72. The molecule has 1 aliphatic carbocycles. The van der Waals surface area contributed by atoms with Crippen LogP contribution >= 0.6 is 0 Å². The first-order chi connectivity index (χ1) is 5.75. The molecule has 0 amide bonds. The average molecular weight is 166 g/mol. The Kier molecular flexibility index (Phi) is 1.84. The molecule has 2 rings (SSSR count). The summed E-state index contributed by atoms with van der Waals surface area (Å²) in [5.41, 5.74) is 5.90. The monoisotopic (exact) mass is 166 g/mol. The number of nitrogens with zero attached hydrogens (tertiary/aromatic N) is 2. The SMILES string of the molecule is Cc1nc([C@@H](N)CC2CC2)n[nH]1. The van der Waals surface area contributed by atoms with Crippen molar-refractivity contribution in [2.75, 3.05) is 0 Å². The van der Waals surface area contributed by atoms with Crippen LogP contribution in [0.4, 0.5) is 0 Å². The van der Waals surface area contributed by atoms with Gasteiger partial charge in [0.05, 0.1) is 6.04 Å². The molecule has 0 spiro atoms. The maximum absolute atomic E-state index is 5.90. The summed E-state index contributed by atoms with van der Waals surface area (Å²) in [6, 6.07) is 0.0300. The summed E-state index contributed by atoms with van der Waals surface area (Å²) in [6.07, 6.45) is 3.70. The lowest BCUT2D eigenvalue weighted by molar-refractivity contribution is 0.569. The Morgan fingerprint density at radius 2 is 2.42 bits per heavy atom. The van der Waals surface area contributed by atoms with Crippen LogP contribution in [0.15, 0.2) is 0 Å². The van der Waals surface area contributed by atoms with Crippen molar-refractivity contribution in [3.8, 4) is 0 Å². The zero-order chi connectivity index (χ0) is 8.55. The smallest absolute Gasteiger partial charge is 0.167 e. The molecular formula is C8H14N4. The van der Waals surface area contributed by atoms with Crippen molar-refractivity contribution in [1.29, 1.82) is 0 Å². The van der Waals surface area contributed by atoms with Crippen LogP contribution in [0.5, 0.6) is 0 Å². The van der Waals surface area contributed by atoms with Gasteiger partial charge in [0, 0.05) is 0 Å². The highest BCUT2D eigenvalue weighted by Crippen LogP contribution is 2.35. The second-order valence-corrected chi connectivity index (χ2v) is 3.56. The van der Waals surface area contributed by atoms with Crippen molar-refractivity contribution >= 4 is 0 Å². The summed E-state index contributed by atoms with van der Waals surface area (Å²) in [7, 11) is 0. The fraction of sp³-hybridized carbons (Fsp3) is 0.750. The first-order valence-corrected chi connectivity index (χ1v) is 4.40. The van der Waals surface area contributed by atoms with Gasteiger partial charge in [-0.05, 0) is 19.3 Å². The van der Waals surface area contributed by atoms with Crippen molar-refractivity contribution in [3.63, 3.8) is 0 Å². The van der Waals surface area contributed by atoms with E-state index in [9.17, 15) is 0 Å². The predicted octanol–water partition coefficient (Wildman–Crippen LogP) is 0.913. The van der Waals surface area contributed by atoms with Crippen LogP contribution in [-0.4, -0.2) is 15.2 Å². The minimum atomic E-state index is 0.0300. The van der Waals surface area contributed by atoms with Crippen molar-refractivity contribution in [2.24, 2.45) is 11.7 Å². The molecule has 1 saturated carbocycles. The number of nitrogens with two attached hydrogens (primary N) is 1. The van der Waals surface area contributed by atoms with Crippen LogP contribution in [0.25, 0.3) is 0 Å². The van der Waals surface area contributed by atoms with Gasteiger partial charge < -0.3 is 5.73 Å². The summed E-state index contributed by atoms with van der Waals surface area (Å²) in [4.78, 5) is 4.20. The van der Waals surface area contributed by atoms with E-state index in [1.165, 1.54) is 12.8 Å². The molecule has 0 bridgehead atoms. The Morgan fingerprint density at radius 1 is 1.67 bits per heavy atom. The zero-order valence-electron chi connectivity index (χ0n) is 7.25. The Morgan fingerprint density at radius 3 is 2.92 bits per heavy atom. The molecule has 4 heteroatoms. The lowest BCUT2D eigenvalue weighted by Crippen LogP contribution is -2.12. The zero-order valence-corrected chi connectivity index (χ0v) is 7.25. The largest absolute Gasteiger partial charge is 0.321 e. The molecule has 0 aromatic carbocycles. The van der Waals surface area contributed by atoms with E-state index in [0.717, 1.165) is 24.0 Å². The molecule has 0 saturated heterocycles. The van der Waals surface area contributed by atoms with Gasteiger partial charge in [-0.2, -0.15) is 5.10 Å². The van der Waals surface area contributed by atoms with Gasteiger partial charge in [-0.1, -0.05) is 12.8 Å². The molecule has 1 heterocycles. The van der Waals surface area contributed by atoms with Crippen LogP contribution in [0.3, 0.4) is 0 Å². The predicted molar refractivity (Wildman–Crippen MR) is 45.4 cm³/mol. The second kappa shape index (κ2) is 2.86. The Labute approximate surface area is 71.6 Å². The molecule has 1 aromatic rings. The molecule has 0 aliphatic heterocycles. The van der Waals surface area contributed by atoms with E-state index in [-0.39, 0.29) is 6.04 Å². The molecule has 0 radical (unpaired) electrons. The van der Waals surface area contributed by atoms with Crippen LogP contribution in [-0.2, 0) is 0 Å². The Balaban J connectivity index is 1.97. The van der Waals surface area contributed by atoms with Crippen LogP contribution in [0, 0.1) is 12.8 Å². The van der Waals surface area contributed by atoms with Gasteiger partial charge >= 0.3 is 0 Å². The lowest BCUT2D eigenvalue weighted by atomic mass is 10.1. The van der Waals surface area contributed by atoms with Crippen LogP contribution in [0.2, 0.25) is 0 Å². The van der Waals surface area contributed by atoms with E-state index in [1.807, 2.05) is 6.92 Å². The summed E-state index contributed by atoms with van der Waals surface area (Å²) >= 11 is 0. The summed E-state index contributed by atoms with van der Waals surface area (Å²) in [6.45, 7) is 1.89. The third-order valence-electron chi connectivity index (χ3n) is 2.23. The summed E-state index contributed by atoms with van der Waals surface area (Å²) in [5, 5.41) is 6.84. The number of hydrogen-bond acceptors (Lipinski definition) is 3. The van der Waals surface area contributed by atoms with Gasteiger partial charge in [0.2, 0.25) is 0 Å². The molecule has 3 N–H and O–H groups in total. The molecule has 1 fully saturated rings. The van der Waals surface area contributed by atoms with Crippen molar-refractivity contribution in [1.82, 2.24) is 15.2 Å². The molecule has 1 atom stereocenters. The Hall–Kier alpha value is -0.900. The van der Waals surface area contributed by atoms with Crippen molar-refractivity contribution in [3.05, 3.63) is 11.6 Å². The van der Waals surface area contributed by atoms with Crippen LogP contribution < -0.4 is 5.73 Å². The van der Waals surface area contributed by atoms with Crippen molar-refractivity contribution in [2.45, 2.75) is 32.2 Å². The number of aromatic nitrogens is 3. The minimum absolute atomic E-state index is 0.0300. The molecule has 66 valence electrons. The van der Waals surface area contributed by atoms with E-state index < -0.39 is 0 Å². The number of rotatable bonds is 3. The number of H-pyrrole nitrogens is 1. The normalized spacial score (nSPS) is 19.5. The standard InChI is InChI=1S/C8H14N4/c1-5-10-8(12-11-5)7(9)4-6-2-3-6/h6-7H,2-4,9H2,1H3,(H,10,11,12)/t7-/m0/s1. The van der Waals surface area contributed by atoms with E-state index in [1.54, 1.807) is 0 Å². The number of aromatic amines is 1. The van der Waals surface area contributed by atoms with E-state index in [4.69, 9.17) is 5.73 Å². The molecule has 1 aliphatic rings. The summed E-state index contributed by atoms with van der Waals surface area (Å²) in [5.74, 6) is 2.44.